The van der Waals surface area contributed by atoms with E-state index < -0.39 is 25.0 Å². The molecule has 0 spiro atoms. The Bertz CT molecular complexity index is 449. The molecule has 1 saturated heterocycles. The second-order valence-corrected chi connectivity index (χ2v) is 5.53. The first-order valence-corrected chi connectivity index (χ1v) is 5.93. The molecule has 0 bridgehead atoms. The van der Waals surface area contributed by atoms with Crippen molar-refractivity contribution in [3.8, 4) is 0 Å². The van der Waals surface area contributed by atoms with Crippen molar-refractivity contribution in [1.82, 2.24) is 4.98 Å². The molecule has 1 aromatic heterocycles. The van der Waals surface area contributed by atoms with Crippen molar-refractivity contribution in [2.45, 2.75) is 45.6 Å². The summed E-state index contributed by atoms with van der Waals surface area (Å²) in [6.07, 6.45) is 1.52. The number of anilines is 1. The summed E-state index contributed by atoms with van der Waals surface area (Å²) >= 11 is 0. The molecule has 0 unspecified atom stereocenters. The molecule has 0 aliphatic carbocycles. The molecule has 1 aliphatic heterocycles. The van der Waals surface area contributed by atoms with Gasteiger partial charge in [-0.3, -0.25) is 0 Å². The Morgan fingerprint density at radius 1 is 1.28 bits per heavy atom. The molecule has 0 saturated carbocycles. The van der Waals surface area contributed by atoms with Crippen molar-refractivity contribution >= 4 is 18.4 Å². The fourth-order valence-electron chi connectivity index (χ4n) is 1.82. The largest absolute Gasteiger partial charge is 0.496 e. The molecule has 1 aliphatic rings. The van der Waals surface area contributed by atoms with E-state index in [1.807, 2.05) is 27.7 Å². The molecule has 2 rings (SSSR count). The summed E-state index contributed by atoms with van der Waals surface area (Å²) in [5.41, 5.74) is 5.71. The van der Waals surface area contributed by atoms with Gasteiger partial charge in [-0.15, -0.1) is 0 Å². The zero-order valence-electron chi connectivity index (χ0n) is 11.2. The summed E-state index contributed by atoms with van der Waals surface area (Å²) in [4.78, 5) is 3.98. The van der Waals surface area contributed by atoms with Crippen LogP contribution in [0.1, 0.15) is 33.3 Å². The van der Waals surface area contributed by atoms with E-state index >= 15 is 0 Å². The fourth-order valence-corrected chi connectivity index (χ4v) is 1.82. The fraction of sp³-hybridized carbons (Fsp3) is 0.583. The van der Waals surface area contributed by atoms with Gasteiger partial charge in [0.15, 0.2) is 0 Å². The Balaban J connectivity index is 2.35. The molecular formula is C12H18BFN2O2. The average Bonchev–Trinajstić information content (AvgIpc) is 2.47. The van der Waals surface area contributed by atoms with Crippen LogP contribution in [0.2, 0.25) is 0 Å². The van der Waals surface area contributed by atoms with Crippen LogP contribution in [0.3, 0.4) is 0 Å². The third kappa shape index (κ3) is 2.10. The van der Waals surface area contributed by atoms with E-state index in [1.165, 1.54) is 12.3 Å². The Hall–Kier alpha value is -1.14. The molecule has 1 aromatic rings. The molecule has 98 valence electrons. The quantitative estimate of drug-likeness (QED) is 0.809. The lowest BCUT2D eigenvalue weighted by Crippen LogP contribution is -2.41. The van der Waals surface area contributed by atoms with Gasteiger partial charge in [0.2, 0.25) is 0 Å². The molecular weight excluding hydrogens is 234 g/mol. The van der Waals surface area contributed by atoms with Crippen LogP contribution >= 0.6 is 0 Å². The monoisotopic (exact) mass is 252 g/mol. The third-order valence-electron chi connectivity index (χ3n) is 3.70. The molecule has 1 fully saturated rings. The second-order valence-electron chi connectivity index (χ2n) is 5.53. The molecule has 2 N–H and O–H groups in total. The molecule has 2 heterocycles. The van der Waals surface area contributed by atoms with Crippen molar-refractivity contribution in [2.24, 2.45) is 0 Å². The van der Waals surface area contributed by atoms with Gasteiger partial charge in [0, 0.05) is 11.7 Å². The van der Waals surface area contributed by atoms with Crippen molar-refractivity contribution in [3.63, 3.8) is 0 Å². The lowest BCUT2D eigenvalue weighted by Gasteiger charge is -2.32. The Labute approximate surface area is 107 Å². The van der Waals surface area contributed by atoms with Gasteiger partial charge < -0.3 is 15.0 Å². The number of hydrogen-bond acceptors (Lipinski definition) is 4. The Morgan fingerprint density at radius 2 is 1.83 bits per heavy atom. The van der Waals surface area contributed by atoms with E-state index in [-0.39, 0.29) is 0 Å². The number of nitrogens with zero attached hydrogens (tertiary/aromatic N) is 1. The van der Waals surface area contributed by atoms with Crippen molar-refractivity contribution < 1.29 is 13.7 Å². The lowest BCUT2D eigenvalue weighted by molar-refractivity contribution is 0.00578. The Morgan fingerprint density at radius 3 is 2.33 bits per heavy atom. The first kappa shape index (κ1) is 13.3. The van der Waals surface area contributed by atoms with Crippen LogP contribution in [-0.4, -0.2) is 23.3 Å². The SMILES string of the molecule is CC1(C)OB(c2cnc(N)cc2CF)OC1(C)C. The van der Waals surface area contributed by atoms with Crippen LogP contribution in [0.15, 0.2) is 12.3 Å². The topological polar surface area (TPSA) is 57.4 Å². The van der Waals surface area contributed by atoms with Crippen LogP contribution in [-0.2, 0) is 16.0 Å². The number of pyridine rings is 1. The minimum absolute atomic E-state index is 0.294. The Kier molecular flexibility index (Phi) is 3.11. The van der Waals surface area contributed by atoms with Gasteiger partial charge in [0.05, 0.1) is 11.2 Å². The highest BCUT2D eigenvalue weighted by Gasteiger charge is 2.52. The maximum atomic E-state index is 13.0. The number of nitrogens with two attached hydrogens (primary N) is 1. The van der Waals surface area contributed by atoms with Crippen LogP contribution in [0, 0.1) is 0 Å². The zero-order chi connectivity index (χ0) is 13.6. The van der Waals surface area contributed by atoms with Gasteiger partial charge in [-0.05, 0) is 39.3 Å². The van der Waals surface area contributed by atoms with E-state index in [0.717, 1.165) is 0 Å². The van der Waals surface area contributed by atoms with E-state index in [4.69, 9.17) is 15.0 Å². The van der Waals surface area contributed by atoms with Gasteiger partial charge in [0.1, 0.15) is 12.5 Å². The normalized spacial score (nSPS) is 21.3. The second kappa shape index (κ2) is 4.21. The van der Waals surface area contributed by atoms with E-state index in [2.05, 4.69) is 4.98 Å². The average molecular weight is 252 g/mol. The van der Waals surface area contributed by atoms with Gasteiger partial charge in [-0.1, -0.05) is 0 Å². The molecule has 4 nitrogen and oxygen atoms in total. The summed E-state index contributed by atoms with van der Waals surface area (Å²) < 4.78 is 24.7. The summed E-state index contributed by atoms with van der Waals surface area (Å²) in [6.45, 7) is 7.19. The maximum absolute atomic E-state index is 13.0. The highest BCUT2D eigenvalue weighted by molar-refractivity contribution is 6.62. The molecule has 0 amide bonds. The van der Waals surface area contributed by atoms with Crippen molar-refractivity contribution in [3.05, 3.63) is 17.8 Å². The molecule has 0 radical (unpaired) electrons. The van der Waals surface area contributed by atoms with Gasteiger partial charge in [-0.2, -0.15) is 0 Å². The number of nitrogen functional groups attached to an aromatic ring is 1. The number of aromatic nitrogens is 1. The number of alkyl halides is 1. The number of hydrogen-bond donors (Lipinski definition) is 1. The first-order valence-electron chi connectivity index (χ1n) is 5.93. The van der Waals surface area contributed by atoms with E-state index in [0.29, 0.717) is 16.8 Å². The standard InChI is InChI=1S/C12H18BFN2O2/c1-11(2)12(3,4)18-13(17-11)9-7-16-10(15)5-8(9)6-14/h5,7H,6H2,1-4H3,(H2,15,16). The molecule has 6 heteroatoms. The zero-order valence-corrected chi connectivity index (χ0v) is 11.2. The third-order valence-corrected chi connectivity index (χ3v) is 3.70. The number of rotatable bonds is 2. The number of halogens is 1. The van der Waals surface area contributed by atoms with Crippen molar-refractivity contribution in [2.75, 3.05) is 5.73 Å². The highest BCUT2D eigenvalue weighted by Crippen LogP contribution is 2.36. The van der Waals surface area contributed by atoms with Crippen LogP contribution in [0.25, 0.3) is 0 Å². The summed E-state index contributed by atoms with van der Waals surface area (Å²) in [5, 5.41) is 0. The minimum atomic E-state index is -0.619. The lowest BCUT2D eigenvalue weighted by atomic mass is 9.77. The van der Waals surface area contributed by atoms with Crippen LogP contribution in [0.5, 0.6) is 0 Å². The predicted octanol–water partition coefficient (Wildman–Crippen LogP) is 1.43. The molecule has 18 heavy (non-hydrogen) atoms. The highest BCUT2D eigenvalue weighted by atomic mass is 19.1. The smallest absolute Gasteiger partial charge is 0.399 e. The van der Waals surface area contributed by atoms with Crippen LogP contribution in [0.4, 0.5) is 10.2 Å². The van der Waals surface area contributed by atoms with Gasteiger partial charge in [0.25, 0.3) is 0 Å². The molecule has 0 atom stereocenters. The summed E-state index contributed by atoms with van der Waals surface area (Å²) in [6, 6.07) is 1.51. The van der Waals surface area contributed by atoms with Gasteiger partial charge >= 0.3 is 7.12 Å². The van der Waals surface area contributed by atoms with E-state index in [9.17, 15) is 4.39 Å². The van der Waals surface area contributed by atoms with Crippen molar-refractivity contribution in [1.29, 1.82) is 0 Å². The maximum Gasteiger partial charge on any atom is 0.496 e. The molecule has 0 aromatic carbocycles. The predicted molar refractivity (Wildman–Crippen MR) is 69.2 cm³/mol. The first-order chi connectivity index (χ1) is 8.27. The van der Waals surface area contributed by atoms with Crippen LogP contribution < -0.4 is 11.2 Å². The van der Waals surface area contributed by atoms with E-state index in [1.54, 1.807) is 0 Å². The van der Waals surface area contributed by atoms with Gasteiger partial charge in [-0.25, -0.2) is 9.37 Å². The summed E-state index contributed by atoms with van der Waals surface area (Å²) in [5.74, 6) is 0.294. The minimum Gasteiger partial charge on any atom is -0.399 e. The summed E-state index contributed by atoms with van der Waals surface area (Å²) in [7, 11) is -0.603.